The van der Waals surface area contributed by atoms with Crippen LogP contribution in [0.15, 0.2) is 30.3 Å². The Kier molecular flexibility index (Phi) is 7.97. The number of nitrogens with two attached hydrogens (primary N) is 1. The Balaban J connectivity index is 0.000000385. The van der Waals surface area contributed by atoms with Gasteiger partial charge in [0.15, 0.2) is 5.17 Å². The maximum Gasteiger partial charge on any atom is 0.303 e. The first kappa shape index (κ1) is 14.5. The third kappa shape index (κ3) is 9.08. The van der Waals surface area contributed by atoms with Crippen LogP contribution in [0.1, 0.15) is 18.9 Å². The van der Waals surface area contributed by atoms with Gasteiger partial charge in [-0.15, -0.1) is 0 Å². The molecule has 0 saturated heterocycles. The van der Waals surface area contributed by atoms with Crippen LogP contribution in [0.5, 0.6) is 0 Å². The molecule has 0 heterocycles. The predicted molar refractivity (Wildman–Crippen MR) is 67.6 cm³/mol. The third-order valence-corrected chi connectivity index (χ3v) is 2.33. The minimum absolute atomic E-state index is 0.175. The van der Waals surface area contributed by atoms with Crippen molar-refractivity contribution in [2.45, 2.75) is 19.1 Å². The summed E-state index contributed by atoms with van der Waals surface area (Å²) in [7, 11) is 0. The summed E-state index contributed by atoms with van der Waals surface area (Å²) in [5.74, 6) is 0.0425. The largest absolute Gasteiger partial charge is 0.481 e. The third-order valence-electron chi connectivity index (χ3n) is 1.54. The number of carboxylic acid groups (broad SMARTS) is 1. The molecule has 0 bridgehead atoms. The lowest BCUT2D eigenvalue weighted by molar-refractivity contribution is -0.136. The van der Waals surface area contributed by atoms with Crippen LogP contribution < -0.4 is 5.73 Å². The number of rotatable bonds is 3. The van der Waals surface area contributed by atoms with E-state index in [4.69, 9.17) is 16.2 Å². The van der Waals surface area contributed by atoms with Gasteiger partial charge in [0.2, 0.25) is 0 Å². The Morgan fingerprint density at radius 3 is 2.31 bits per heavy atom. The fourth-order valence-electron chi connectivity index (χ4n) is 0.735. The van der Waals surface area contributed by atoms with Gasteiger partial charge >= 0.3 is 5.97 Å². The van der Waals surface area contributed by atoms with Crippen molar-refractivity contribution in [1.29, 1.82) is 5.41 Å². The summed E-state index contributed by atoms with van der Waals surface area (Å²) in [6.07, 6.45) is 0.222. The number of aliphatic carboxylic acids is 1. The van der Waals surface area contributed by atoms with Crippen molar-refractivity contribution in [3.63, 3.8) is 0 Å². The summed E-state index contributed by atoms with van der Waals surface area (Å²) < 4.78 is 0. The van der Waals surface area contributed by atoms with Crippen LogP contribution >= 0.6 is 11.8 Å². The molecule has 0 unspecified atom stereocenters. The first-order valence-electron chi connectivity index (χ1n) is 4.78. The Hall–Kier alpha value is -1.49. The highest BCUT2D eigenvalue weighted by atomic mass is 32.2. The summed E-state index contributed by atoms with van der Waals surface area (Å²) in [5.41, 5.74) is 6.39. The highest BCUT2D eigenvalue weighted by Gasteiger charge is 1.92. The van der Waals surface area contributed by atoms with Gasteiger partial charge in [-0.25, -0.2) is 0 Å². The molecule has 0 aromatic heterocycles. The molecular weight excluding hydrogens is 224 g/mol. The number of thioether (sulfide) groups is 1. The number of hydrogen-bond donors (Lipinski definition) is 3. The minimum atomic E-state index is -0.745. The van der Waals surface area contributed by atoms with Gasteiger partial charge in [0.25, 0.3) is 0 Å². The summed E-state index contributed by atoms with van der Waals surface area (Å²) in [6.45, 7) is 1.60. The maximum atomic E-state index is 9.37. The average Bonchev–Trinajstić information content (AvgIpc) is 2.28. The van der Waals surface area contributed by atoms with Crippen LogP contribution in [0, 0.1) is 5.41 Å². The van der Waals surface area contributed by atoms with E-state index >= 15 is 0 Å². The smallest absolute Gasteiger partial charge is 0.303 e. The molecule has 1 aromatic carbocycles. The van der Waals surface area contributed by atoms with Crippen molar-refractivity contribution in [2.75, 3.05) is 0 Å². The molecule has 4 N–H and O–H groups in total. The number of carbonyl (C=O) groups is 1. The molecule has 0 amide bonds. The molecule has 0 atom stereocenters. The van der Waals surface area contributed by atoms with Crippen molar-refractivity contribution < 1.29 is 9.90 Å². The summed E-state index contributed by atoms with van der Waals surface area (Å²) in [6, 6.07) is 9.99. The van der Waals surface area contributed by atoms with Crippen LogP contribution in [0.4, 0.5) is 0 Å². The van der Waals surface area contributed by atoms with Gasteiger partial charge < -0.3 is 10.8 Å². The number of carboxylic acids is 1. The predicted octanol–water partition coefficient (Wildman–Crippen LogP) is 2.29. The van der Waals surface area contributed by atoms with Gasteiger partial charge in [-0.1, -0.05) is 49.0 Å². The monoisotopic (exact) mass is 240 g/mol. The molecule has 0 spiro atoms. The van der Waals surface area contributed by atoms with Crippen molar-refractivity contribution in [3.8, 4) is 0 Å². The summed E-state index contributed by atoms with van der Waals surface area (Å²) in [4.78, 5) is 9.37. The molecule has 0 aliphatic heterocycles. The fraction of sp³-hybridized carbons (Fsp3) is 0.273. The molecule has 1 aromatic rings. The molecule has 0 aliphatic rings. The second kappa shape index (κ2) is 8.79. The summed E-state index contributed by atoms with van der Waals surface area (Å²) in [5, 5.41) is 14.9. The molecular formula is C11H16N2O2S. The van der Waals surface area contributed by atoms with Gasteiger partial charge in [0.1, 0.15) is 0 Å². The number of hydrogen-bond acceptors (Lipinski definition) is 3. The standard InChI is InChI=1S/C8H10N2S.C3H6O2/c9-8(10)11-6-7-4-2-1-3-5-7;1-2-3(4)5/h1-5H,6H2,(H3,9,10);2H2,1H3,(H,4,5). The van der Waals surface area contributed by atoms with Gasteiger partial charge in [-0.05, 0) is 5.56 Å². The normalized spacial score (nSPS) is 8.81. The SMILES string of the molecule is CCC(=O)O.N=C(N)SCc1ccccc1. The van der Waals surface area contributed by atoms with Gasteiger partial charge in [-0.3, -0.25) is 10.2 Å². The minimum Gasteiger partial charge on any atom is -0.481 e. The molecule has 16 heavy (non-hydrogen) atoms. The molecule has 0 aliphatic carbocycles. The highest BCUT2D eigenvalue weighted by Crippen LogP contribution is 2.09. The van der Waals surface area contributed by atoms with E-state index < -0.39 is 5.97 Å². The number of benzene rings is 1. The molecule has 5 heteroatoms. The molecule has 0 saturated carbocycles. The van der Waals surface area contributed by atoms with E-state index in [1.54, 1.807) is 6.92 Å². The van der Waals surface area contributed by atoms with E-state index in [0.29, 0.717) is 0 Å². The highest BCUT2D eigenvalue weighted by molar-refractivity contribution is 8.13. The van der Waals surface area contributed by atoms with Crippen LogP contribution in [-0.2, 0) is 10.5 Å². The van der Waals surface area contributed by atoms with E-state index in [0.717, 1.165) is 5.75 Å². The van der Waals surface area contributed by atoms with E-state index in [1.165, 1.54) is 17.3 Å². The van der Waals surface area contributed by atoms with Crippen molar-refractivity contribution >= 4 is 22.9 Å². The van der Waals surface area contributed by atoms with Gasteiger partial charge in [0.05, 0.1) is 0 Å². The Morgan fingerprint density at radius 1 is 1.44 bits per heavy atom. The lowest BCUT2D eigenvalue weighted by Crippen LogP contribution is -2.03. The van der Waals surface area contributed by atoms with E-state index in [9.17, 15) is 4.79 Å². The van der Waals surface area contributed by atoms with E-state index in [1.807, 2.05) is 30.3 Å². The lowest BCUT2D eigenvalue weighted by Gasteiger charge is -1.97. The Morgan fingerprint density at radius 2 is 1.94 bits per heavy atom. The average molecular weight is 240 g/mol. The van der Waals surface area contributed by atoms with Crippen LogP contribution in [0.3, 0.4) is 0 Å². The second-order valence-electron chi connectivity index (χ2n) is 2.89. The van der Waals surface area contributed by atoms with E-state index in [-0.39, 0.29) is 11.6 Å². The molecule has 1 rings (SSSR count). The van der Waals surface area contributed by atoms with Crippen LogP contribution in [0.25, 0.3) is 0 Å². The Bertz CT molecular complexity index is 328. The zero-order valence-corrected chi connectivity index (χ0v) is 9.96. The topological polar surface area (TPSA) is 87.2 Å². The maximum absolute atomic E-state index is 9.37. The molecule has 0 fully saturated rings. The first-order valence-corrected chi connectivity index (χ1v) is 5.77. The first-order chi connectivity index (χ1) is 7.56. The zero-order valence-electron chi connectivity index (χ0n) is 9.14. The van der Waals surface area contributed by atoms with Crippen molar-refractivity contribution in [3.05, 3.63) is 35.9 Å². The van der Waals surface area contributed by atoms with Crippen LogP contribution in [0.2, 0.25) is 0 Å². The number of nitrogens with one attached hydrogen (secondary N) is 1. The lowest BCUT2D eigenvalue weighted by atomic mass is 10.2. The van der Waals surface area contributed by atoms with Gasteiger partial charge in [0, 0.05) is 12.2 Å². The number of amidine groups is 1. The van der Waals surface area contributed by atoms with Crippen LogP contribution in [-0.4, -0.2) is 16.2 Å². The molecule has 88 valence electrons. The zero-order chi connectivity index (χ0) is 12.4. The fourth-order valence-corrected chi connectivity index (χ4v) is 1.25. The quantitative estimate of drug-likeness (QED) is 0.559. The molecule has 0 radical (unpaired) electrons. The van der Waals surface area contributed by atoms with Crippen molar-refractivity contribution in [1.82, 2.24) is 0 Å². The van der Waals surface area contributed by atoms with E-state index in [2.05, 4.69) is 0 Å². The van der Waals surface area contributed by atoms with Crippen molar-refractivity contribution in [2.24, 2.45) is 5.73 Å². The van der Waals surface area contributed by atoms with Gasteiger partial charge in [-0.2, -0.15) is 0 Å². The second-order valence-corrected chi connectivity index (χ2v) is 3.90. The summed E-state index contributed by atoms with van der Waals surface area (Å²) >= 11 is 1.35. The Labute approximate surface area is 99.4 Å². The molecule has 4 nitrogen and oxygen atoms in total.